The fourth-order valence-electron chi connectivity index (χ4n) is 2.66. The first kappa shape index (κ1) is 22.8. The van der Waals surface area contributed by atoms with Gasteiger partial charge in [-0.3, -0.25) is 29.8 Å². The van der Waals surface area contributed by atoms with E-state index >= 15 is 0 Å². The van der Waals surface area contributed by atoms with E-state index in [-0.39, 0.29) is 27.9 Å². The summed E-state index contributed by atoms with van der Waals surface area (Å²) in [4.78, 5) is 46.1. The molecule has 30 heavy (non-hydrogen) atoms. The number of anilines is 1. The average Bonchev–Trinajstić information content (AvgIpc) is 2.66. The van der Waals surface area contributed by atoms with E-state index in [0.29, 0.717) is 5.56 Å². The molecule has 0 saturated carbocycles. The van der Waals surface area contributed by atoms with E-state index in [1.54, 1.807) is 20.8 Å². The highest BCUT2D eigenvalue weighted by atomic mass is 35.5. The zero-order chi connectivity index (χ0) is 22.6. The minimum absolute atomic E-state index is 0.0319. The molecule has 0 bridgehead atoms. The number of carbonyl (C=O) groups is 2. The van der Waals surface area contributed by atoms with Gasteiger partial charge in [0.05, 0.1) is 9.85 Å². The van der Waals surface area contributed by atoms with Crippen LogP contribution < -0.4 is 10.6 Å². The van der Waals surface area contributed by atoms with Crippen LogP contribution in [0.2, 0.25) is 5.02 Å². The van der Waals surface area contributed by atoms with Crippen molar-refractivity contribution in [3.05, 3.63) is 72.8 Å². The summed E-state index contributed by atoms with van der Waals surface area (Å²) >= 11 is 5.75. The van der Waals surface area contributed by atoms with Crippen LogP contribution in [0.25, 0.3) is 0 Å². The van der Waals surface area contributed by atoms with Crippen molar-refractivity contribution in [2.24, 2.45) is 5.92 Å². The molecule has 2 rings (SSSR count). The molecule has 10 nitrogen and oxygen atoms in total. The van der Waals surface area contributed by atoms with Crippen molar-refractivity contribution in [1.82, 2.24) is 5.32 Å². The van der Waals surface area contributed by atoms with Gasteiger partial charge in [0.1, 0.15) is 11.1 Å². The molecular weight excluding hydrogens is 416 g/mol. The lowest BCUT2D eigenvalue weighted by Crippen LogP contribution is -2.47. The molecule has 0 spiro atoms. The summed E-state index contributed by atoms with van der Waals surface area (Å²) in [5.74, 6) is -1.62. The van der Waals surface area contributed by atoms with Crippen molar-refractivity contribution in [3.8, 4) is 0 Å². The lowest BCUT2D eigenvalue weighted by molar-refractivity contribution is -0.385. The normalized spacial score (nSPS) is 11.6. The number of nitrogens with zero attached hydrogens (tertiary/aromatic N) is 2. The van der Waals surface area contributed by atoms with Crippen molar-refractivity contribution in [2.75, 3.05) is 5.32 Å². The minimum atomic E-state index is -0.993. The summed E-state index contributed by atoms with van der Waals surface area (Å²) < 4.78 is 0. The topological polar surface area (TPSA) is 144 Å². The third-order valence-electron chi connectivity index (χ3n) is 4.31. The Bertz CT molecular complexity index is 1020. The first-order valence-corrected chi connectivity index (χ1v) is 9.19. The van der Waals surface area contributed by atoms with Crippen molar-refractivity contribution < 1.29 is 19.4 Å². The molecule has 0 saturated heterocycles. The van der Waals surface area contributed by atoms with Crippen molar-refractivity contribution in [2.45, 2.75) is 26.8 Å². The molecule has 0 fully saturated rings. The Morgan fingerprint density at radius 2 is 1.63 bits per heavy atom. The fraction of sp³-hybridized carbons (Fsp3) is 0.263. The number of carbonyl (C=O) groups excluding carboxylic acids is 2. The maximum absolute atomic E-state index is 12.7. The third kappa shape index (κ3) is 5.29. The first-order valence-electron chi connectivity index (χ1n) is 8.82. The number of nitrogens with one attached hydrogen (secondary N) is 2. The number of nitro groups is 2. The molecule has 0 radical (unpaired) electrons. The van der Waals surface area contributed by atoms with E-state index in [0.717, 1.165) is 6.07 Å². The molecule has 2 amide bonds. The van der Waals surface area contributed by atoms with Crippen molar-refractivity contribution in [3.63, 3.8) is 0 Å². The van der Waals surface area contributed by atoms with Crippen molar-refractivity contribution in [1.29, 1.82) is 0 Å². The van der Waals surface area contributed by atoms with Crippen LogP contribution in [-0.2, 0) is 4.79 Å². The maximum Gasteiger partial charge on any atom is 0.288 e. The summed E-state index contributed by atoms with van der Waals surface area (Å²) in [7, 11) is 0. The number of halogens is 1. The van der Waals surface area contributed by atoms with Crippen LogP contribution in [0, 0.1) is 33.1 Å². The summed E-state index contributed by atoms with van der Waals surface area (Å²) in [6.07, 6.45) is 0. The minimum Gasteiger partial charge on any atom is -0.340 e. The standard InChI is InChI=1S/C19H19ClN4O6/c1-10(2)17(19(26)21-13-6-4-11(3)15(9-13)23(27)28)22-18(25)12-5-7-14(20)16(8-12)24(29)30/h4-10,17H,1-3H3,(H,21,26)(H,22,25). The lowest BCUT2D eigenvalue weighted by Gasteiger charge is -2.22. The number of hydrogen-bond donors (Lipinski definition) is 2. The molecule has 2 aromatic carbocycles. The molecule has 0 heterocycles. The highest BCUT2D eigenvalue weighted by Gasteiger charge is 2.26. The van der Waals surface area contributed by atoms with Gasteiger partial charge in [-0.1, -0.05) is 31.5 Å². The van der Waals surface area contributed by atoms with E-state index in [1.807, 2.05) is 0 Å². The van der Waals surface area contributed by atoms with E-state index in [9.17, 15) is 29.8 Å². The quantitative estimate of drug-likeness (QED) is 0.500. The molecule has 0 aliphatic carbocycles. The Balaban J connectivity index is 2.22. The fourth-order valence-corrected chi connectivity index (χ4v) is 2.84. The van der Waals surface area contributed by atoms with Gasteiger partial charge in [0, 0.05) is 28.9 Å². The zero-order valence-electron chi connectivity index (χ0n) is 16.3. The second-order valence-corrected chi connectivity index (χ2v) is 7.27. The molecule has 2 aromatic rings. The van der Waals surface area contributed by atoms with Gasteiger partial charge >= 0.3 is 0 Å². The Kier molecular flexibility index (Phi) is 7.06. The second kappa shape index (κ2) is 9.31. The Morgan fingerprint density at radius 3 is 2.20 bits per heavy atom. The summed E-state index contributed by atoms with van der Waals surface area (Å²) in [6.45, 7) is 4.98. The van der Waals surface area contributed by atoms with E-state index < -0.39 is 33.4 Å². The second-order valence-electron chi connectivity index (χ2n) is 6.87. The van der Waals surface area contributed by atoms with Gasteiger partial charge in [0.2, 0.25) is 5.91 Å². The molecular formula is C19H19ClN4O6. The van der Waals surface area contributed by atoms with Crippen LogP contribution in [0.15, 0.2) is 36.4 Å². The number of amides is 2. The molecule has 1 atom stereocenters. The number of rotatable bonds is 7. The summed E-state index contributed by atoms with van der Waals surface area (Å²) in [6, 6.07) is 6.82. The monoisotopic (exact) mass is 434 g/mol. The van der Waals surface area contributed by atoms with Crippen LogP contribution in [0.5, 0.6) is 0 Å². The van der Waals surface area contributed by atoms with E-state index in [2.05, 4.69) is 10.6 Å². The van der Waals surface area contributed by atoms with Crippen LogP contribution in [0.1, 0.15) is 29.8 Å². The smallest absolute Gasteiger partial charge is 0.288 e. The molecule has 0 aliphatic heterocycles. The van der Waals surface area contributed by atoms with Gasteiger partial charge in [0.15, 0.2) is 0 Å². The first-order chi connectivity index (χ1) is 14.0. The molecule has 0 aromatic heterocycles. The Labute approximate surface area is 176 Å². The number of aryl methyl sites for hydroxylation is 1. The number of benzene rings is 2. The van der Waals surface area contributed by atoms with Gasteiger partial charge in [-0.25, -0.2) is 0 Å². The highest BCUT2D eigenvalue weighted by Crippen LogP contribution is 2.25. The van der Waals surface area contributed by atoms with Crippen LogP contribution in [0.4, 0.5) is 17.1 Å². The van der Waals surface area contributed by atoms with Crippen LogP contribution in [-0.4, -0.2) is 27.7 Å². The van der Waals surface area contributed by atoms with Gasteiger partial charge in [0.25, 0.3) is 17.3 Å². The van der Waals surface area contributed by atoms with E-state index in [4.69, 9.17) is 11.6 Å². The Morgan fingerprint density at radius 1 is 1.00 bits per heavy atom. The SMILES string of the molecule is Cc1ccc(NC(=O)C(NC(=O)c2ccc(Cl)c([N+](=O)[O-])c2)C(C)C)cc1[N+](=O)[O-]. The van der Waals surface area contributed by atoms with Gasteiger partial charge in [-0.2, -0.15) is 0 Å². The van der Waals surface area contributed by atoms with Gasteiger partial charge < -0.3 is 10.6 Å². The zero-order valence-corrected chi connectivity index (χ0v) is 17.1. The predicted molar refractivity (Wildman–Crippen MR) is 111 cm³/mol. The number of nitro benzene ring substituents is 2. The molecule has 11 heteroatoms. The summed E-state index contributed by atoms with van der Waals surface area (Å²) in [5, 5.41) is 27.1. The van der Waals surface area contributed by atoms with Crippen LogP contribution >= 0.6 is 11.6 Å². The van der Waals surface area contributed by atoms with Crippen molar-refractivity contribution >= 4 is 40.5 Å². The maximum atomic E-state index is 12.7. The highest BCUT2D eigenvalue weighted by molar-refractivity contribution is 6.32. The Hall–Kier alpha value is -3.53. The van der Waals surface area contributed by atoms with Crippen LogP contribution in [0.3, 0.4) is 0 Å². The molecule has 158 valence electrons. The molecule has 0 aliphatic rings. The van der Waals surface area contributed by atoms with E-state index in [1.165, 1.54) is 30.3 Å². The van der Waals surface area contributed by atoms with Gasteiger partial charge in [-0.05, 0) is 31.0 Å². The lowest BCUT2D eigenvalue weighted by atomic mass is 10.0. The average molecular weight is 435 g/mol. The third-order valence-corrected chi connectivity index (χ3v) is 4.63. The predicted octanol–water partition coefficient (Wildman–Crippen LogP) is 3.86. The largest absolute Gasteiger partial charge is 0.340 e. The summed E-state index contributed by atoms with van der Waals surface area (Å²) in [5.41, 5.74) is 0.0409. The molecule has 1 unspecified atom stereocenters. The number of hydrogen-bond acceptors (Lipinski definition) is 6. The molecule has 2 N–H and O–H groups in total. The van der Waals surface area contributed by atoms with Gasteiger partial charge in [-0.15, -0.1) is 0 Å².